The third-order valence-electron chi connectivity index (χ3n) is 2.88. The van der Waals surface area contributed by atoms with E-state index in [1.165, 1.54) is 12.8 Å². The molecule has 1 unspecified atom stereocenters. The minimum absolute atomic E-state index is 0.602. The van der Waals surface area contributed by atoms with E-state index >= 15 is 0 Å². The number of hydrogen-bond donors (Lipinski definition) is 1. The molecule has 0 amide bonds. The molecule has 1 aliphatic carbocycles. The zero-order valence-corrected chi connectivity index (χ0v) is 9.20. The minimum atomic E-state index is 0.602. The lowest BCUT2D eigenvalue weighted by molar-refractivity contribution is 0.475. The highest BCUT2D eigenvalue weighted by Gasteiger charge is 2.33. The Kier molecular flexibility index (Phi) is 2.48. The normalized spacial score (nSPS) is 18.6. The number of nitrogens with zero attached hydrogens (tertiary/aromatic N) is 2. The lowest BCUT2D eigenvalue weighted by Crippen LogP contribution is -2.28. The van der Waals surface area contributed by atoms with Gasteiger partial charge in [-0.15, -0.1) is 0 Å². The van der Waals surface area contributed by atoms with E-state index in [4.69, 9.17) is 0 Å². The maximum absolute atomic E-state index is 4.35. The Hall–Kier alpha value is -0.990. The summed E-state index contributed by atoms with van der Waals surface area (Å²) in [5.41, 5.74) is 0. The average molecular weight is 193 g/mol. The van der Waals surface area contributed by atoms with Crippen LogP contribution in [0.4, 0.5) is 5.82 Å². The summed E-state index contributed by atoms with van der Waals surface area (Å²) in [6.45, 7) is 4.55. The Labute approximate surface area is 85.5 Å². The van der Waals surface area contributed by atoms with Crippen molar-refractivity contribution in [2.75, 3.05) is 5.32 Å². The number of rotatable bonds is 4. The second kappa shape index (κ2) is 3.64. The molecule has 0 aromatic carbocycles. The minimum Gasteiger partial charge on any atom is -0.365 e. The highest BCUT2D eigenvalue weighted by Crippen LogP contribution is 2.37. The maximum Gasteiger partial charge on any atom is 0.148 e. The average Bonchev–Trinajstić information content (AvgIpc) is 2.86. The molecule has 1 saturated carbocycles. The van der Waals surface area contributed by atoms with Gasteiger partial charge in [0, 0.05) is 25.4 Å². The van der Waals surface area contributed by atoms with E-state index in [1.54, 1.807) is 0 Å². The van der Waals surface area contributed by atoms with Gasteiger partial charge < -0.3 is 5.32 Å². The highest BCUT2D eigenvalue weighted by atomic mass is 15.3. The van der Waals surface area contributed by atoms with E-state index in [-0.39, 0.29) is 0 Å². The molecular weight excluding hydrogens is 174 g/mol. The van der Waals surface area contributed by atoms with Gasteiger partial charge in [-0.05, 0) is 24.7 Å². The van der Waals surface area contributed by atoms with Crippen molar-refractivity contribution in [1.82, 2.24) is 9.78 Å². The van der Waals surface area contributed by atoms with Crippen molar-refractivity contribution >= 4 is 5.82 Å². The molecule has 2 rings (SSSR count). The van der Waals surface area contributed by atoms with Crippen LogP contribution in [0, 0.1) is 11.8 Å². The van der Waals surface area contributed by atoms with Crippen LogP contribution in [0.3, 0.4) is 0 Å². The molecular formula is C11H19N3. The highest BCUT2D eigenvalue weighted by molar-refractivity contribution is 5.34. The fraction of sp³-hybridized carbons (Fsp3) is 0.727. The smallest absolute Gasteiger partial charge is 0.148 e. The molecule has 0 spiro atoms. The van der Waals surface area contributed by atoms with Crippen LogP contribution in [-0.4, -0.2) is 15.8 Å². The molecule has 1 atom stereocenters. The summed E-state index contributed by atoms with van der Waals surface area (Å²) in [7, 11) is 1.95. The Morgan fingerprint density at radius 2 is 2.21 bits per heavy atom. The van der Waals surface area contributed by atoms with Crippen molar-refractivity contribution in [3.8, 4) is 0 Å². The monoisotopic (exact) mass is 193 g/mol. The predicted molar refractivity (Wildman–Crippen MR) is 58.2 cm³/mol. The molecule has 0 saturated heterocycles. The topological polar surface area (TPSA) is 29.9 Å². The van der Waals surface area contributed by atoms with Gasteiger partial charge >= 0.3 is 0 Å². The molecule has 1 aromatic heterocycles. The number of aryl methyl sites for hydroxylation is 1. The molecule has 3 heteroatoms. The number of anilines is 1. The van der Waals surface area contributed by atoms with E-state index in [2.05, 4.69) is 24.3 Å². The van der Waals surface area contributed by atoms with E-state index in [0.717, 1.165) is 11.7 Å². The van der Waals surface area contributed by atoms with Crippen molar-refractivity contribution in [3.05, 3.63) is 12.3 Å². The van der Waals surface area contributed by atoms with Gasteiger partial charge in [0.25, 0.3) is 0 Å². The second-order valence-corrected chi connectivity index (χ2v) is 4.63. The van der Waals surface area contributed by atoms with Gasteiger partial charge in [0.2, 0.25) is 0 Å². The van der Waals surface area contributed by atoms with Gasteiger partial charge in [-0.3, -0.25) is 4.68 Å². The summed E-state index contributed by atoms with van der Waals surface area (Å²) in [6, 6.07) is 2.64. The number of aromatic nitrogens is 2. The van der Waals surface area contributed by atoms with Gasteiger partial charge in [0.1, 0.15) is 5.82 Å². The lowest BCUT2D eigenvalue weighted by atomic mass is 10.00. The first-order valence-corrected chi connectivity index (χ1v) is 5.43. The van der Waals surface area contributed by atoms with Crippen LogP contribution >= 0.6 is 0 Å². The van der Waals surface area contributed by atoms with Gasteiger partial charge in [-0.2, -0.15) is 5.10 Å². The Bertz CT molecular complexity index is 297. The summed E-state index contributed by atoms with van der Waals surface area (Å²) in [4.78, 5) is 0. The number of hydrogen-bond acceptors (Lipinski definition) is 2. The quantitative estimate of drug-likeness (QED) is 0.795. The summed E-state index contributed by atoms with van der Waals surface area (Å²) in [6.07, 6.45) is 4.73. The summed E-state index contributed by atoms with van der Waals surface area (Å²) in [5.74, 6) is 2.57. The van der Waals surface area contributed by atoms with Gasteiger partial charge in [-0.1, -0.05) is 13.8 Å². The molecule has 1 N–H and O–H groups in total. The van der Waals surface area contributed by atoms with Crippen molar-refractivity contribution in [1.29, 1.82) is 0 Å². The first-order valence-electron chi connectivity index (χ1n) is 5.43. The van der Waals surface area contributed by atoms with Crippen molar-refractivity contribution < 1.29 is 0 Å². The zero-order chi connectivity index (χ0) is 10.1. The summed E-state index contributed by atoms with van der Waals surface area (Å²) in [5, 5.41) is 7.88. The number of nitrogens with one attached hydrogen (secondary N) is 1. The molecule has 1 aliphatic rings. The van der Waals surface area contributed by atoms with Crippen LogP contribution in [-0.2, 0) is 7.05 Å². The van der Waals surface area contributed by atoms with Crippen LogP contribution in [0.1, 0.15) is 26.7 Å². The van der Waals surface area contributed by atoms with Crippen molar-refractivity contribution in [3.63, 3.8) is 0 Å². The molecule has 1 fully saturated rings. The Balaban J connectivity index is 1.99. The van der Waals surface area contributed by atoms with E-state index in [0.29, 0.717) is 12.0 Å². The maximum atomic E-state index is 4.35. The molecule has 3 nitrogen and oxygen atoms in total. The summed E-state index contributed by atoms with van der Waals surface area (Å²) < 4.78 is 1.84. The third kappa shape index (κ3) is 2.08. The van der Waals surface area contributed by atoms with Crippen LogP contribution in [0.25, 0.3) is 0 Å². The first-order chi connectivity index (χ1) is 6.66. The third-order valence-corrected chi connectivity index (χ3v) is 2.88. The van der Waals surface area contributed by atoms with E-state index in [9.17, 15) is 0 Å². The van der Waals surface area contributed by atoms with Crippen LogP contribution < -0.4 is 5.32 Å². The predicted octanol–water partition coefficient (Wildman–Crippen LogP) is 2.27. The largest absolute Gasteiger partial charge is 0.365 e. The van der Waals surface area contributed by atoms with Gasteiger partial charge in [-0.25, -0.2) is 0 Å². The Morgan fingerprint density at radius 1 is 1.50 bits per heavy atom. The lowest BCUT2D eigenvalue weighted by Gasteiger charge is -2.21. The van der Waals surface area contributed by atoms with Crippen molar-refractivity contribution in [2.24, 2.45) is 18.9 Å². The molecule has 14 heavy (non-hydrogen) atoms. The molecule has 0 bridgehead atoms. The van der Waals surface area contributed by atoms with E-state index in [1.807, 2.05) is 24.0 Å². The van der Waals surface area contributed by atoms with Crippen LogP contribution in [0.5, 0.6) is 0 Å². The molecule has 1 aromatic rings. The molecule has 78 valence electrons. The second-order valence-electron chi connectivity index (χ2n) is 4.63. The van der Waals surface area contributed by atoms with E-state index < -0.39 is 0 Å². The zero-order valence-electron chi connectivity index (χ0n) is 9.20. The molecule has 1 heterocycles. The van der Waals surface area contributed by atoms with Gasteiger partial charge in [0.15, 0.2) is 0 Å². The van der Waals surface area contributed by atoms with Crippen LogP contribution in [0.15, 0.2) is 12.3 Å². The van der Waals surface area contributed by atoms with Gasteiger partial charge in [0.05, 0.1) is 0 Å². The standard InChI is InChI=1S/C11H19N3/c1-8(2)11(9-4-5-9)12-10-6-7-14(3)13-10/h6-9,11H,4-5H2,1-3H3,(H,12,13). The van der Waals surface area contributed by atoms with Crippen molar-refractivity contribution in [2.45, 2.75) is 32.7 Å². The molecule has 0 radical (unpaired) electrons. The Morgan fingerprint density at radius 3 is 2.64 bits per heavy atom. The fourth-order valence-corrected chi connectivity index (χ4v) is 1.95. The van der Waals surface area contributed by atoms with Crippen LogP contribution in [0.2, 0.25) is 0 Å². The molecule has 0 aliphatic heterocycles. The fourth-order valence-electron chi connectivity index (χ4n) is 1.95. The first kappa shape index (κ1) is 9.56. The summed E-state index contributed by atoms with van der Waals surface area (Å²) >= 11 is 0. The SMILES string of the molecule is CC(C)C(Nc1ccn(C)n1)C1CC1.